The zero-order chi connectivity index (χ0) is 16.8. The minimum atomic E-state index is -0.269. The van der Waals surface area contributed by atoms with Gasteiger partial charge in [-0.3, -0.25) is 9.59 Å². The number of nitrogens with zero attached hydrogens (tertiary/aromatic N) is 1. The van der Waals surface area contributed by atoms with Gasteiger partial charge in [0.1, 0.15) is 0 Å². The molecule has 1 heterocycles. The Morgan fingerprint density at radius 2 is 2.09 bits per heavy atom. The van der Waals surface area contributed by atoms with Crippen molar-refractivity contribution >= 4 is 11.8 Å². The summed E-state index contributed by atoms with van der Waals surface area (Å²) in [6.45, 7) is 5.73. The molecule has 5 nitrogen and oxygen atoms in total. The van der Waals surface area contributed by atoms with Gasteiger partial charge in [0.2, 0.25) is 11.8 Å². The van der Waals surface area contributed by atoms with Crippen LogP contribution >= 0.6 is 0 Å². The second-order valence-corrected chi connectivity index (χ2v) is 6.52. The molecule has 1 saturated heterocycles. The Labute approximate surface area is 137 Å². The molecule has 1 aliphatic heterocycles. The van der Waals surface area contributed by atoms with Gasteiger partial charge in [-0.15, -0.1) is 0 Å². The van der Waals surface area contributed by atoms with E-state index in [-0.39, 0.29) is 36.7 Å². The third-order valence-corrected chi connectivity index (χ3v) is 4.33. The molecule has 2 unspecified atom stereocenters. The van der Waals surface area contributed by atoms with Crippen LogP contribution in [0, 0.1) is 18.8 Å². The van der Waals surface area contributed by atoms with Gasteiger partial charge in [0.15, 0.2) is 0 Å². The lowest BCUT2D eigenvalue weighted by Crippen LogP contribution is -2.35. The zero-order valence-electron chi connectivity index (χ0n) is 13.9. The van der Waals surface area contributed by atoms with Crippen LogP contribution in [0.3, 0.4) is 0 Å². The minimum Gasteiger partial charge on any atom is -0.396 e. The average Bonchev–Trinajstić information content (AvgIpc) is 2.88. The van der Waals surface area contributed by atoms with E-state index >= 15 is 0 Å². The molecule has 0 bridgehead atoms. The van der Waals surface area contributed by atoms with E-state index in [0.717, 1.165) is 5.56 Å². The van der Waals surface area contributed by atoms with Gasteiger partial charge < -0.3 is 15.3 Å². The Morgan fingerprint density at radius 3 is 2.74 bits per heavy atom. The minimum absolute atomic E-state index is 0.0362. The molecule has 1 fully saturated rings. The molecule has 0 aromatic heterocycles. The lowest BCUT2D eigenvalue weighted by atomic mass is 10.1. The largest absolute Gasteiger partial charge is 0.396 e. The van der Waals surface area contributed by atoms with E-state index in [2.05, 4.69) is 5.32 Å². The summed E-state index contributed by atoms with van der Waals surface area (Å²) in [6.07, 6.45) is 0.954. The zero-order valence-corrected chi connectivity index (χ0v) is 13.9. The van der Waals surface area contributed by atoms with Gasteiger partial charge in [0, 0.05) is 32.7 Å². The molecule has 1 aromatic rings. The Bertz CT molecular complexity index is 542. The monoisotopic (exact) mass is 318 g/mol. The van der Waals surface area contributed by atoms with Crippen molar-refractivity contribution in [3.05, 3.63) is 35.4 Å². The summed E-state index contributed by atoms with van der Waals surface area (Å²) in [6, 6.07) is 8.10. The van der Waals surface area contributed by atoms with Crippen LogP contribution in [0.15, 0.2) is 24.3 Å². The number of aliphatic hydroxyl groups excluding tert-OH is 1. The van der Waals surface area contributed by atoms with Gasteiger partial charge in [-0.1, -0.05) is 36.8 Å². The van der Waals surface area contributed by atoms with Crippen molar-refractivity contribution in [2.75, 3.05) is 19.7 Å². The first-order valence-corrected chi connectivity index (χ1v) is 8.21. The summed E-state index contributed by atoms with van der Waals surface area (Å²) in [7, 11) is 0. The molecule has 1 aromatic carbocycles. The van der Waals surface area contributed by atoms with Crippen molar-refractivity contribution in [3.8, 4) is 0 Å². The number of rotatable bonds is 7. The molecule has 0 spiro atoms. The van der Waals surface area contributed by atoms with Crippen molar-refractivity contribution in [2.45, 2.75) is 33.2 Å². The van der Waals surface area contributed by atoms with E-state index in [0.29, 0.717) is 26.1 Å². The second kappa shape index (κ2) is 8.11. The number of hydrogen-bond donors (Lipinski definition) is 2. The number of amides is 2. The fourth-order valence-electron chi connectivity index (χ4n) is 2.76. The van der Waals surface area contributed by atoms with Gasteiger partial charge in [-0.2, -0.15) is 0 Å². The van der Waals surface area contributed by atoms with E-state index in [9.17, 15) is 9.59 Å². The van der Waals surface area contributed by atoms with Crippen LogP contribution in [0.4, 0.5) is 0 Å². The SMILES string of the molecule is Cc1ccc(CN2CC(C(=O)NCC(C)CCO)CC2=O)cc1. The van der Waals surface area contributed by atoms with E-state index in [1.165, 1.54) is 5.56 Å². The maximum absolute atomic E-state index is 12.2. The number of hydrogen-bond acceptors (Lipinski definition) is 3. The molecule has 0 aliphatic carbocycles. The van der Waals surface area contributed by atoms with Crippen molar-refractivity contribution in [3.63, 3.8) is 0 Å². The first kappa shape index (κ1) is 17.5. The third kappa shape index (κ3) is 5.06. The number of nitrogens with one attached hydrogen (secondary N) is 1. The van der Waals surface area contributed by atoms with Gasteiger partial charge >= 0.3 is 0 Å². The molecule has 5 heteroatoms. The molecular weight excluding hydrogens is 292 g/mol. The summed E-state index contributed by atoms with van der Waals surface area (Å²) in [5.41, 5.74) is 2.28. The summed E-state index contributed by atoms with van der Waals surface area (Å²) >= 11 is 0. The van der Waals surface area contributed by atoms with Crippen molar-refractivity contribution < 1.29 is 14.7 Å². The standard InChI is InChI=1S/C18H26N2O3/c1-13-3-5-15(6-4-13)11-20-12-16(9-17(20)22)18(23)19-10-14(2)7-8-21/h3-6,14,16,21H,7-12H2,1-2H3,(H,19,23). The number of aryl methyl sites for hydroxylation is 1. The Morgan fingerprint density at radius 1 is 1.39 bits per heavy atom. The molecule has 2 rings (SSSR count). The lowest BCUT2D eigenvalue weighted by molar-refractivity contribution is -0.129. The predicted octanol–water partition coefficient (Wildman–Crippen LogP) is 1.48. The molecule has 23 heavy (non-hydrogen) atoms. The highest BCUT2D eigenvalue weighted by atomic mass is 16.3. The van der Waals surface area contributed by atoms with E-state index in [4.69, 9.17) is 5.11 Å². The van der Waals surface area contributed by atoms with Crippen LogP contribution < -0.4 is 5.32 Å². The van der Waals surface area contributed by atoms with Crippen LogP contribution in [0.1, 0.15) is 30.9 Å². The fraction of sp³-hybridized carbons (Fsp3) is 0.556. The number of likely N-dealkylation sites (tertiary alicyclic amines) is 1. The van der Waals surface area contributed by atoms with Gasteiger partial charge in [0.05, 0.1) is 5.92 Å². The smallest absolute Gasteiger partial charge is 0.225 e. The Balaban J connectivity index is 1.84. The highest BCUT2D eigenvalue weighted by Gasteiger charge is 2.34. The molecule has 0 saturated carbocycles. The average molecular weight is 318 g/mol. The van der Waals surface area contributed by atoms with E-state index in [1.54, 1.807) is 4.90 Å². The van der Waals surface area contributed by atoms with Crippen molar-refractivity contribution in [1.29, 1.82) is 0 Å². The normalized spacial score (nSPS) is 19.0. The Kier molecular flexibility index (Phi) is 6.16. The van der Waals surface area contributed by atoms with Crippen LogP contribution in [0.25, 0.3) is 0 Å². The molecule has 2 amide bonds. The van der Waals surface area contributed by atoms with Gasteiger partial charge in [-0.05, 0) is 24.8 Å². The number of carbonyl (C=O) groups excluding carboxylic acids is 2. The highest BCUT2D eigenvalue weighted by Crippen LogP contribution is 2.20. The number of benzene rings is 1. The van der Waals surface area contributed by atoms with Gasteiger partial charge in [0.25, 0.3) is 0 Å². The van der Waals surface area contributed by atoms with Gasteiger partial charge in [-0.25, -0.2) is 0 Å². The molecule has 1 aliphatic rings. The molecule has 0 radical (unpaired) electrons. The predicted molar refractivity (Wildman–Crippen MR) is 88.6 cm³/mol. The van der Waals surface area contributed by atoms with E-state index < -0.39 is 0 Å². The molecule has 2 atom stereocenters. The van der Waals surface area contributed by atoms with Crippen molar-refractivity contribution in [1.82, 2.24) is 10.2 Å². The van der Waals surface area contributed by atoms with Crippen LogP contribution in [-0.2, 0) is 16.1 Å². The van der Waals surface area contributed by atoms with Crippen LogP contribution in [-0.4, -0.2) is 41.5 Å². The molecular formula is C18H26N2O3. The quantitative estimate of drug-likeness (QED) is 0.800. The Hall–Kier alpha value is -1.88. The third-order valence-electron chi connectivity index (χ3n) is 4.33. The number of carbonyl (C=O) groups is 2. The second-order valence-electron chi connectivity index (χ2n) is 6.52. The first-order chi connectivity index (χ1) is 11.0. The van der Waals surface area contributed by atoms with Crippen LogP contribution in [0.5, 0.6) is 0 Å². The summed E-state index contributed by atoms with van der Waals surface area (Å²) in [4.78, 5) is 26.1. The molecule has 2 N–H and O–H groups in total. The van der Waals surface area contributed by atoms with Crippen molar-refractivity contribution in [2.24, 2.45) is 11.8 Å². The maximum Gasteiger partial charge on any atom is 0.225 e. The summed E-state index contributed by atoms with van der Waals surface area (Å²) in [5.74, 6) is -0.0531. The van der Waals surface area contributed by atoms with Crippen LogP contribution in [0.2, 0.25) is 0 Å². The lowest BCUT2D eigenvalue weighted by Gasteiger charge is -2.17. The van der Waals surface area contributed by atoms with E-state index in [1.807, 2.05) is 38.1 Å². The topological polar surface area (TPSA) is 69.6 Å². The highest BCUT2D eigenvalue weighted by molar-refractivity contribution is 5.89. The number of aliphatic hydroxyl groups is 1. The first-order valence-electron chi connectivity index (χ1n) is 8.21. The fourth-order valence-corrected chi connectivity index (χ4v) is 2.76. The molecule has 126 valence electrons. The summed E-state index contributed by atoms with van der Waals surface area (Å²) < 4.78 is 0. The maximum atomic E-state index is 12.2. The summed E-state index contributed by atoms with van der Waals surface area (Å²) in [5, 5.41) is 11.8.